The lowest BCUT2D eigenvalue weighted by Gasteiger charge is -2.28. The molecule has 33 heavy (non-hydrogen) atoms. The highest BCUT2D eigenvalue weighted by molar-refractivity contribution is 7.12. The number of nitrogens with zero attached hydrogens (tertiary/aromatic N) is 2. The Morgan fingerprint density at radius 3 is 2.61 bits per heavy atom. The highest BCUT2D eigenvalue weighted by Gasteiger charge is 2.45. The largest absolute Gasteiger partial charge is 0.486 e. The minimum Gasteiger partial charge on any atom is -0.486 e. The summed E-state index contributed by atoms with van der Waals surface area (Å²) in [4.78, 5) is 30.7. The van der Waals surface area contributed by atoms with Gasteiger partial charge in [0.25, 0.3) is 0 Å². The molecule has 0 saturated heterocycles. The van der Waals surface area contributed by atoms with E-state index in [2.05, 4.69) is 4.98 Å². The van der Waals surface area contributed by atoms with Crippen molar-refractivity contribution in [1.82, 2.24) is 9.55 Å². The lowest BCUT2D eigenvalue weighted by atomic mass is 9.78. The summed E-state index contributed by atoms with van der Waals surface area (Å²) in [6.07, 6.45) is 5.00. The van der Waals surface area contributed by atoms with Gasteiger partial charge in [0, 0.05) is 28.5 Å². The molecule has 0 unspecified atom stereocenters. The number of carbonyl (C=O) groups excluding carboxylic acids is 2. The second kappa shape index (κ2) is 8.67. The predicted molar refractivity (Wildman–Crippen MR) is 124 cm³/mol. The Hall–Kier alpha value is -3.13. The van der Waals surface area contributed by atoms with Crippen LogP contribution in [0.1, 0.15) is 53.0 Å². The number of hydrogen-bond donors (Lipinski definition) is 0. The van der Waals surface area contributed by atoms with Crippen LogP contribution in [0.3, 0.4) is 0 Å². The SMILES string of the molecule is Cc1cc(C(=O)COC(=O)C2(c3ccc4c(c3)OCCO4)CCCC2)c(C)n1-c1nccs1. The Morgan fingerprint density at radius 1 is 1.12 bits per heavy atom. The van der Waals surface area contributed by atoms with Gasteiger partial charge in [0.1, 0.15) is 13.2 Å². The molecule has 8 heteroatoms. The van der Waals surface area contributed by atoms with Gasteiger partial charge in [0.15, 0.2) is 23.2 Å². The third kappa shape index (κ3) is 3.82. The van der Waals surface area contributed by atoms with Crippen molar-refractivity contribution in [1.29, 1.82) is 0 Å². The minimum absolute atomic E-state index is 0.213. The molecule has 0 radical (unpaired) electrons. The van der Waals surface area contributed by atoms with Crippen molar-refractivity contribution in [3.63, 3.8) is 0 Å². The predicted octanol–water partition coefficient (Wildman–Crippen LogP) is 4.56. The molecule has 7 nitrogen and oxygen atoms in total. The molecule has 1 saturated carbocycles. The van der Waals surface area contributed by atoms with Gasteiger partial charge < -0.3 is 14.2 Å². The third-order valence-corrected chi connectivity index (χ3v) is 7.38. The van der Waals surface area contributed by atoms with E-state index < -0.39 is 5.41 Å². The Labute approximate surface area is 196 Å². The van der Waals surface area contributed by atoms with Crippen molar-refractivity contribution in [3.8, 4) is 16.6 Å². The van der Waals surface area contributed by atoms with Crippen molar-refractivity contribution in [2.24, 2.45) is 0 Å². The van der Waals surface area contributed by atoms with Gasteiger partial charge in [-0.05, 0) is 50.5 Å². The monoisotopic (exact) mass is 466 g/mol. The van der Waals surface area contributed by atoms with Gasteiger partial charge >= 0.3 is 5.97 Å². The van der Waals surface area contributed by atoms with Crippen molar-refractivity contribution >= 4 is 23.1 Å². The van der Waals surface area contributed by atoms with E-state index in [1.807, 2.05) is 48.1 Å². The van der Waals surface area contributed by atoms with E-state index in [9.17, 15) is 9.59 Å². The Balaban J connectivity index is 1.35. The molecule has 0 atom stereocenters. The van der Waals surface area contributed by atoms with Gasteiger partial charge in [-0.15, -0.1) is 11.3 Å². The number of ether oxygens (including phenoxy) is 3. The van der Waals surface area contributed by atoms with Crippen LogP contribution in [0, 0.1) is 13.8 Å². The molecule has 1 aliphatic heterocycles. The number of esters is 1. The van der Waals surface area contributed by atoms with Crippen LogP contribution in [0.2, 0.25) is 0 Å². The average Bonchev–Trinajstić information content (AvgIpc) is 3.58. The van der Waals surface area contributed by atoms with E-state index in [0.29, 0.717) is 43.1 Å². The summed E-state index contributed by atoms with van der Waals surface area (Å²) in [6, 6.07) is 7.50. The van der Waals surface area contributed by atoms with Crippen LogP contribution in [-0.2, 0) is 14.9 Å². The molecule has 0 amide bonds. The number of hydrogen-bond acceptors (Lipinski definition) is 7. The maximum atomic E-state index is 13.4. The lowest BCUT2D eigenvalue weighted by molar-refractivity contribution is -0.149. The normalized spacial score (nSPS) is 16.5. The van der Waals surface area contributed by atoms with Gasteiger partial charge in [-0.2, -0.15) is 0 Å². The van der Waals surface area contributed by atoms with Crippen molar-refractivity contribution < 1.29 is 23.8 Å². The van der Waals surface area contributed by atoms with E-state index in [1.54, 1.807) is 6.20 Å². The molecule has 1 aromatic carbocycles. The number of aromatic nitrogens is 2. The van der Waals surface area contributed by atoms with Crippen LogP contribution in [0.5, 0.6) is 11.5 Å². The summed E-state index contributed by atoms with van der Waals surface area (Å²) in [7, 11) is 0. The molecule has 3 aromatic rings. The topological polar surface area (TPSA) is 79.7 Å². The number of thiazole rings is 1. The first-order valence-electron chi connectivity index (χ1n) is 11.2. The van der Waals surface area contributed by atoms with E-state index in [1.165, 1.54) is 11.3 Å². The van der Waals surface area contributed by atoms with Gasteiger partial charge in [0.05, 0.1) is 5.41 Å². The van der Waals surface area contributed by atoms with Crippen molar-refractivity contribution in [3.05, 3.63) is 58.4 Å². The molecule has 0 spiro atoms. The molecular weight excluding hydrogens is 440 g/mol. The number of rotatable bonds is 6. The smallest absolute Gasteiger partial charge is 0.317 e. The molecule has 1 fully saturated rings. The summed E-state index contributed by atoms with van der Waals surface area (Å²) in [5.41, 5.74) is 2.37. The fourth-order valence-corrected chi connectivity index (χ4v) is 5.69. The first-order valence-corrected chi connectivity index (χ1v) is 12.1. The molecule has 3 heterocycles. The fourth-order valence-electron chi connectivity index (χ4n) is 4.94. The maximum Gasteiger partial charge on any atom is 0.317 e. The summed E-state index contributed by atoms with van der Waals surface area (Å²) >= 11 is 1.51. The van der Waals surface area contributed by atoms with E-state index >= 15 is 0 Å². The zero-order valence-corrected chi connectivity index (χ0v) is 19.6. The van der Waals surface area contributed by atoms with Crippen LogP contribution in [-0.4, -0.2) is 41.1 Å². The number of ketones is 1. The van der Waals surface area contributed by atoms with Crippen LogP contribution in [0.4, 0.5) is 0 Å². The van der Waals surface area contributed by atoms with Crippen LogP contribution in [0.25, 0.3) is 5.13 Å². The number of fused-ring (bicyclic) bond motifs is 1. The second-order valence-electron chi connectivity index (χ2n) is 8.58. The van der Waals surface area contributed by atoms with Crippen molar-refractivity contribution in [2.45, 2.75) is 44.9 Å². The number of carbonyl (C=O) groups is 2. The Bertz CT molecular complexity index is 1190. The third-order valence-electron chi connectivity index (χ3n) is 6.62. The first-order chi connectivity index (χ1) is 16.0. The van der Waals surface area contributed by atoms with E-state index in [4.69, 9.17) is 14.2 Å². The molecule has 0 N–H and O–H groups in total. The molecule has 2 aliphatic rings. The van der Waals surface area contributed by atoms with Gasteiger partial charge in [-0.25, -0.2) is 4.98 Å². The molecular formula is C25H26N2O5S. The number of benzene rings is 1. The summed E-state index contributed by atoms with van der Waals surface area (Å²) < 4.78 is 19.0. The average molecular weight is 467 g/mol. The van der Waals surface area contributed by atoms with Crippen molar-refractivity contribution in [2.75, 3.05) is 19.8 Å². The Kier molecular flexibility index (Phi) is 5.70. The zero-order valence-electron chi connectivity index (χ0n) is 18.8. The zero-order chi connectivity index (χ0) is 23.0. The molecule has 5 rings (SSSR count). The maximum absolute atomic E-state index is 13.4. The first kappa shape index (κ1) is 21.7. The number of Topliss-reactive ketones (excluding diaryl/α,β-unsaturated/α-hetero) is 1. The Morgan fingerprint density at radius 2 is 1.88 bits per heavy atom. The molecule has 2 aromatic heterocycles. The highest BCUT2D eigenvalue weighted by Crippen LogP contribution is 2.45. The summed E-state index contributed by atoms with van der Waals surface area (Å²) in [5.74, 6) is 0.786. The molecule has 172 valence electrons. The quantitative estimate of drug-likeness (QED) is 0.391. The van der Waals surface area contributed by atoms with Crippen LogP contribution >= 0.6 is 11.3 Å². The van der Waals surface area contributed by atoms with Crippen LogP contribution in [0.15, 0.2) is 35.8 Å². The second-order valence-corrected chi connectivity index (χ2v) is 9.45. The lowest BCUT2D eigenvalue weighted by Crippen LogP contribution is -2.36. The minimum atomic E-state index is -0.756. The fraction of sp³-hybridized carbons (Fsp3) is 0.400. The highest BCUT2D eigenvalue weighted by atomic mass is 32.1. The van der Waals surface area contributed by atoms with Gasteiger partial charge in [-0.3, -0.25) is 14.2 Å². The van der Waals surface area contributed by atoms with E-state index in [0.717, 1.165) is 34.9 Å². The standard InChI is InChI=1S/C25H26N2O5S/c1-16-13-19(17(2)27(16)24-26-9-12-33-24)20(28)15-32-23(29)25(7-3-4-8-25)18-5-6-21-22(14-18)31-11-10-30-21/h5-6,9,12-14H,3-4,7-8,10-11,15H2,1-2H3. The molecule has 1 aliphatic carbocycles. The number of aryl methyl sites for hydroxylation is 1. The van der Waals surface area contributed by atoms with Crippen LogP contribution < -0.4 is 9.47 Å². The van der Waals surface area contributed by atoms with Gasteiger partial charge in [-0.1, -0.05) is 18.9 Å². The molecule has 0 bridgehead atoms. The summed E-state index contributed by atoms with van der Waals surface area (Å²) in [6.45, 7) is 4.55. The summed E-state index contributed by atoms with van der Waals surface area (Å²) in [5, 5.41) is 2.71. The van der Waals surface area contributed by atoms with Gasteiger partial charge in [0.2, 0.25) is 5.78 Å². The van der Waals surface area contributed by atoms with E-state index in [-0.39, 0.29) is 18.4 Å².